The van der Waals surface area contributed by atoms with E-state index in [1.165, 1.54) is 12.1 Å². The number of carbonyl (C=O) groups excluding carboxylic acids is 2. The normalized spacial score (nSPS) is 14.0. The highest BCUT2D eigenvalue weighted by molar-refractivity contribution is 5.87. The number of primary amides is 1. The molecule has 23 heavy (non-hydrogen) atoms. The average molecular weight is 332 g/mol. The van der Waals surface area contributed by atoms with Crippen LogP contribution in [-0.4, -0.2) is 24.2 Å². The molecule has 0 aliphatic heterocycles. The van der Waals surface area contributed by atoms with Gasteiger partial charge in [0.1, 0.15) is 11.8 Å². The Morgan fingerprint density at radius 3 is 2.26 bits per heavy atom. The first-order chi connectivity index (χ1) is 10.6. The van der Waals surface area contributed by atoms with Crippen LogP contribution in [0.15, 0.2) is 24.3 Å². The zero-order chi connectivity index (χ0) is 17.6. The summed E-state index contributed by atoms with van der Waals surface area (Å²) < 4.78 is 39.9. The molecule has 2 atom stereocenters. The quantitative estimate of drug-likeness (QED) is 0.803. The van der Waals surface area contributed by atoms with E-state index in [1.807, 2.05) is 6.92 Å². The smallest absolute Gasteiger partial charge is 0.406 e. The van der Waals surface area contributed by atoms with Gasteiger partial charge in [-0.2, -0.15) is 0 Å². The number of amides is 2. The van der Waals surface area contributed by atoms with E-state index in [-0.39, 0.29) is 18.1 Å². The molecule has 0 aliphatic carbocycles. The van der Waals surface area contributed by atoms with Gasteiger partial charge < -0.3 is 15.8 Å². The zero-order valence-electron chi connectivity index (χ0n) is 12.8. The van der Waals surface area contributed by atoms with Crippen molar-refractivity contribution >= 4 is 11.8 Å². The van der Waals surface area contributed by atoms with E-state index in [0.717, 1.165) is 12.1 Å². The summed E-state index contributed by atoms with van der Waals surface area (Å²) in [5.74, 6) is -1.53. The zero-order valence-corrected chi connectivity index (χ0v) is 12.8. The van der Waals surface area contributed by atoms with Gasteiger partial charge in [0, 0.05) is 0 Å². The largest absolute Gasteiger partial charge is 0.573 e. The molecule has 128 valence electrons. The Hall–Kier alpha value is -2.25. The van der Waals surface area contributed by atoms with Gasteiger partial charge in [0.15, 0.2) is 0 Å². The highest BCUT2D eigenvalue weighted by Crippen LogP contribution is 2.22. The first-order valence-corrected chi connectivity index (χ1v) is 7.05. The Balaban J connectivity index is 2.65. The van der Waals surface area contributed by atoms with Crippen molar-refractivity contribution in [1.82, 2.24) is 5.32 Å². The number of halogens is 3. The van der Waals surface area contributed by atoms with E-state index in [4.69, 9.17) is 5.73 Å². The molecule has 2 amide bonds. The Bertz CT molecular complexity index is 544. The number of nitrogens with one attached hydrogen (secondary N) is 1. The second-order valence-corrected chi connectivity index (χ2v) is 5.20. The molecule has 1 aromatic carbocycles. The minimum absolute atomic E-state index is 0.0769. The lowest BCUT2D eigenvalue weighted by Gasteiger charge is -2.21. The van der Waals surface area contributed by atoms with Crippen LogP contribution in [0.3, 0.4) is 0 Å². The maximum absolute atomic E-state index is 12.1. The monoisotopic (exact) mass is 332 g/mol. The summed E-state index contributed by atoms with van der Waals surface area (Å²) >= 11 is 0. The average Bonchev–Trinajstić information content (AvgIpc) is 2.44. The number of hydrogen-bond donors (Lipinski definition) is 2. The number of nitrogens with two attached hydrogens (primary N) is 1. The molecule has 0 radical (unpaired) electrons. The molecule has 0 saturated carbocycles. The molecule has 0 heterocycles. The fraction of sp³-hybridized carbons (Fsp3) is 0.467. The van der Waals surface area contributed by atoms with Crippen LogP contribution in [-0.2, 0) is 16.0 Å². The summed E-state index contributed by atoms with van der Waals surface area (Å²) in [7, 11) is 0. The summed E-state index contributed by atoms with van der Waals surface area (Å²) in [5, 5.41) is 2.54. The van der Waals surface area contributed by atoms with Crippen LogP contribution in [0, 0.1) is 5.92 Å². The first-order valence-electron chi connectivity index (χ1n) is 7.05. The second kappa shape index (κ2) is 7.85. The van der Waals surface area contributed by atoms with Crippen molar-refractivity contribution in [3.63, 3.8) is 0 Å². The highest BCUT2D eigenvalue weighted by Gasteiger charge is 2.31. The minimum atomic E-state index is -4.76. The SMILES string of the molecule is CCC(C)C(NC(=O)Cc1ccc(OC(F)(F)F)cc1)C(N)=O. The summed E-state index contributed by atoms with van der Waals surface area (Å²) in [6.07, 6.45) is -4.17. The molecule has 3 N–H and O–H groups in total. The van der Waals surface area contributed by atoms with E-state index in [0.29, 0.717) is 12.0 Å². The van der Waals surface area contributed by atoms with Gasteiger partial charge in [-0.25, -0.2) is 0 Å². The van der Waals surface area contributed by atoms with Crippen LogP contribution < -0.4 is 15.8 Å². The number of ether oxygens (including phenoxy) is 1. The Labute approximate surface area is 132 Å². The molecule has 1 aromatic rings. The van der Waals surface area contributed by atoms with E-state index >= 15 is 0 Å². The predicted octanol–water partition coefficient (Wildman–Crippen LogP) is 2.14. The fourth-order valence-electron chi connectivity index (χ4n) is 1.95. The van der Waals surface area contributed by atoms with Crippen LogP contribution in [0.5, 0.6) is 5.75 Å². The lowest BCUT2D eigenvalue weighted by molar-refractivity contribution is -0.274. The molecule has 0 aromatic heterocycles. The number of carbonyl (C=O) groups is 2. The maximum atomic E-state index is 12.1. The molecular formula is C15H19F3N2O3. The third-order valence-corrected chi connectivity index (χ3v) is 3.36. The Morgan fingerprint density at radius 2 is 1.83 bits per heavy atom. The van der Waals surface area contributed by atoms with Crippen LogP contribution in [0.2, 0.25) is 0 Å². The van der Waals surface area contributed by atoms with Crippen molar-refractivity contribution < 1.29 is 27.5 Å². The van der Waals surface area contributed by atoms with Gasteiger partial charge in [0.25, 0.3) is 0 Å². The number of alkyl halides is 3. The van der Waals surface area contributed by atoms with E-state index in [2.05, 4.69) is 10.1 Å². The number of rotatable bonds is 7. The molecular weight excluding hydrogens is 313 g/mol. The van der Waals surface area contributed by atoms with Gasteiger partial charge in [-0.15, -0.1) is 13.2 Å². The predicted molar refractivity (Wildman–Crippen MR) is 77.4 cm³/mol. The third kappa shape index (κ3) is 6.58. The van der Waals surface area contributed by atoms with Crippen LogP contribution in [0.25, 0.3) is 0 Å². The molecule has 0 bridgehead atoms. The molecule has 8 heteroatoms. The van der Waals surface area contributed by atoms with E-state index in [1.54, 1.807) is 6.92 Å². The van der Waals surface area contributed by atoms with Crippen molar-refractivity contribution in [2.45, 2.75) is 39.1 Å². The number of hydrogen-bond acceptors (Lipinski definition) is 3. The van der Waals surface area contributed by atoms with Crippen LogP contribution in [0.1, 0.15) is 25.8 Å². The lowest BCUT2D eigenvalue weighted by atomic mass is 9.98. The number of benzene rings is 1. The molecule has 2 unspecified atom stereocenters. The van der Waals surface area contributed by atoms with Crippen molar-refractivity contribution in [3.8, 4) is 5.75 Å². The first kappa shape index (κ1) is 18.8. The lowest BCUT2D eigenvalue weighted by Crippen LogP contribution is -2.48. The molecule has 5 nitrogen and oxygen atoms in total. The molecule has 0 spiro atoms. The summed E-state index contributed by atoms with van der Waals surface area (Å²) in [6.45, 7) is 3.66. The van der Waals surface area contributed by atoms with Crippen LogP contribution in [0.4, 0.5) is 13.2 Å². The van der Waals surface area contributed by atoms with Gasteiger partial charge in [-0.1, -0.05) is 32.4 Å². The van der Waals surface area contributed by atoms with Gasteiger partial charge in [-0.05, 0) is 23.6 Å². The summed E-state index contributed by atoms with van der Waals surface area (Å²) in [4.78, 5) is 23.3. The standard InChI is InChI=1S/C15H19F3N2O3/c1-3-9(2)13(14(19)22)20-12(21)8-10-4-6-11(7-5-10)23-15(16,17)18/h4-7,9,13H,3,8H2,1-2H3,(H2,19,22)(H,20,21). The summed E-state index contributed by atoms with van der Waals surface area (Å²) in [6, 6.07) is 4.17. The fourth-order valence-corrected chi connectivity index (χ4v) is 1.95. The molecule has 0 fully saturated rings. The van der Waals surface area contributed by atoms with Gasteiger partial charge in [0.2, 0.25) is 11.8 Å². The minimum Gasteiger partial charge on any atom is -0.406 e. The molecule has 0 aliphatic rings. The van der Waals surface area contributed by atoms with E-state index in [9.17, 15) is 22.8 Å². The summed E-state index contributed by atoms with van der Waals surface area (Å²) in [5.41, 5.74) is 5.75. The van der Waals surface area contributed by atoms with Gasteiger partial charge in [-0.3, -0.25) is 9.59 Å². The van der Waals surface area contributed by atoms with Gasteiger partial charge in [0.05, 0.1) is 6.42 Å². The van der Waals surface area contributed by atoms with Gasteiger partial charge >= 0.3 is 6.36 Å². The van der Waals surface area contributed by atoms with Crippen LogP contribution >= 0.6 is 0 Å². The van der Waals surface area contributed by atoms with Crippen molar-refractivity contribution in [3.05, 3.63) is 29.8 Å². The Morgan fingerprint density at radius 1 is 1.26 bits per heavy atom. The second-order valence-electron chi connectivity index (χ2n) is 5.20. The molecule has 1 rings (SSSR count). The van der Waals surface area contributed by atoms with Crippen molar-refractivity contribution in [1.29, 1.82) is 0 Å². The van der Waals surface area contributed by atoms with Crippen molar-refractivity contribution in [2.75, 3.05) is 0 Å². The topological polar surface area (TPSA) is 81.4 Å². The highest BCUT2D eigenvalue weighted by atomic mass is 19.4. The maximum Gasteiger partial charge on any atom is 0.573 e. The Kier molecular flexibility index (Phi) is 6.41. The van der Waals surface area contributed by atoms with E-state index < -0.39 is 24.2 Å². The third-order valence-electron chi connectivity index (χ3n) is 3.36. The molecule has 0 saturated heterocycles. The van der Waals surface area contributed by atoms with Crippen molar-refractivity contribution in [2.24, 2.45) is 11.7 Å².